The number of anilines is 1. The molecule has 5 aromatic rings. The molecule has 0 saturated heterocycles. The van der Waals surface area contributed by atoms with Gasteiger partial charge < -0.3 is 5.32 Å². The first kappa shape index (κ1) is 20.0. The molecule has 0 saturated carbocycles. The smallest absolute Gasteiger partial charge is 0.126 e. The van der Waals surface area contributed by atoms with E-state index in [9.17, 15) is 0 Å². The van der Waals surface area contributed by atoms with Crippen LogP contribution in [0.3, 0.4) is 0 Å². The molecule has 1 N–H and O–H groups in total. The number of hydrogen-bond acceptors (Lipinski definition) is 3. The Kier molecular flexibility index (Phi) is 5.89. The van der Waals surface area contributed by atoms with Gasteiger partial charge in [-0.1, -0.05) is 66.7 Å². The first-order valence-electron chi connectivity index (χ1n) is 11.1. The molecule has 0 aliphatic rings. The SMILES string of the molecule is c1ccc(CCCNc2ccc(-c3ccc4ccccc4c3)c(-c3ccncc3)n2)cc1. The van der Waals surface area contributed by atoms with E-state index >= 15 is 0 Å². The minimum Gasteiger partial charge on any atom is -0.370 e. The zero-order valence-corrected chi connectivity index (χ0v) is 17.9. The standard InChI is InChI=1S/C29H25N3/c1-2-7-22(8-3-1)9-6-18-31-28-15-14-27(29(32-28)24-16-19-30-20-17-24)26-13-12-23-10-4-5-11-25(23)21-26/h1-5,7-8,10-17,19-21H,6,9,18H2,(H,31,32). The van der Waals surface area contributed by atoms with E-state index in [1.165, 1.54) is 21.9 Å². The summed E-state index contributed by atoms with van der Waals surface area (Å²) in [5.74, 6) is 0.898. The number of aryl methyl sites for hydroxylation is 1. The van der Waals surface area contributed by atoms with Gasteiger partial charge in [0, 0.05) is 30.1 Å². The Morgan fingerprint density at radius 1 is 0.656 bits per heavy atom. The van der Waals surface area contributed by atoms with Crippen LogP contribution >= 0.6 is 0 Å². The summed E-state index contributed by atoms with van der Waals surface area (Å²) >= 11 is 0. The van der Waals surface area contributed by atoms with Crippen LogP contribution in [0.25, 0.3) is 33.2 Å². The van der Waals surface area contributed by atoms with Gasteiger partial charge in [-0.3, -0.25) is 4.98 Å². The molecule has 0 aliphatic heterocycles. The van der Waals surface area contributed by atoms with Crippen LogP contribution in [0.5, 0.6) is 0 Å². The highest BCUT2D eigenvalue weighted by molar-refractivity contribution is 5.90. The van der Waals surface area contributed by atoms with E-state index in [4.69, 9.17) is 4.98 Å². The van der Waals surface area contributed by atoms with Crippen molar-refractivity contribution in [1.29, 1.82) is 0 Å². The van der Waals surface area contributed by atoms with Gasteiger partial charge in [0.05, 0.1) is 5.69 Å². The summed E-state index contributed by atoms with van der Waals surface area (Å²) in [6, 6.07) is 33.9. The zero-order chi connectivity index (χ0) is 21.6. The van der Waals surface area contributed by atoms with Crippen LogP contribution in [-0.4, -0.2) is 16.5 Å². The van der Waals surface area contributed by atoms with Gasteiger partial charge in [0.1, 0.15) is 5.82 Å². The average molecular weight is 416 g/mol. The van der Waals surface area contributed by atoms with Gasteiger partial charge in [-0.25, -0.2) is 4.98 Å². The lowest BCUT2D eigenvalue weighted by Crippen LogP contribution is -2.05. The third kappa shape index (κ3) is 4.52. The van der Waals surface area contributed by atoms with E-state index in [1.54, 1.807) is 0 Å². The maximum Gasteiger partial charge on any atom is 0.126 e. The van der Waals surface area contributed by atoms with Crippen LogP contribution in [0.4, 0.5) is 5.82 Å². The predicted octanol–water partition coefficient (Wildman–Crippen LogP) is 7.01. The van der Waals surface area contributed by atoms with Gasteiger partial charge in [0.15, 0.2) is 0 Å². The van der Waals surface area contributed by atoms with Crippen LogP contribution in [0, 0.1) is 0 Å². The highest BCUT2D eigenvalue weighted by atomic mass is 15.0. The summed E-state index contributed by atoms with van der Waals surface area (Å²) in [5.41, 5.74) is 5.69. The van der Waals surface area contributed by atoms with Crippen LogP contribution in [0.15, 0.2) is 109 Å². The van der Waals surface area contributed by atoms with Crippen molar-refractivity contribution in [2.24, 2.45) is 0 Å². The lowest BCUT2D eigenvalue weighted by molar-refractivity contribution is 0.859. The van der Waals surface area contributed by atoms with Crippen molar-refractivity contribution in [3.8, 4) is 22.4 Å². The van der Waals surface area contributed by atoms with Gasteiger partial charge in [0.25, 0.3) is 0 Å². The Labute approximate surface area is 188 Å². The Morgan fingerprint density at radius 2 is 1.44 bits per heavy atom. The molecule has 3 heteroatoms. The van der Waals surface area contributed by atoms with Gasteiger partial charge in [0.2, 0.25) is 0 Å². The molecule has 0 fully saturated rings. The molecule has 156 valence electrons. The number of aromatic nitrogens is 2. The molecule has 2 heterocycles. The zero-order valence-electron chi connectivity index (χ0n) is 17.9. The number of rotatable bonds is 7. The maximum atomic E-state index is 5.01. The molecule has 0 radical (unpaired) electrons. The first-order chi connectivity index (χ1) is 15.9. The van der Waals surface area contributed by atoms with E-state index in [2.05, 4.69) is 95.2 Å². The van der Waals surface area contributed by atoms with Crippen molar-refractivity contribution in [2.45, 2.75) is 12.8 Å². The van der Waals surface area contributed by atoms with Crippen LogP contribution in [0.2, 0.25) is 0 Å². The Balaban J connectivity index is 1.42. The Morgan fingerprint density at radius 3 is 2.28 bits per heavy atom. The molecule has 0 unspecified atom stereocenters. The minimum absolute atomic E-state index is 0.882. The third-order valence-electron chi connectivity index (χ3n) is 5.70. The molecule has 0 bridgehead atoms. The lowest BCUT2D eigenvalue weighted by atomic mass is 9.97. The van der Waals surface area contributed by atoms with Gasteiger partial charge in [-0.15, -0.1) is 0 Å². The molecule has 3 aromatic carbocycles. The molecule has 3 nitrogen and oxygen atoms in total. The lowest BCUT2D eigenvalue weighted by Gasteiger charge is -2.13. The molecule has 0 amide bonds. The topological polar surface area (TPSA) is 37.8 Å². The van der Waals surface area contributed by atoms with E-state index in [0.717, 1.165) is 42.0 Å². The van der Waals surface area contributed by atoms with E-state index < -0.39 is 0 Å². The summed E-state index contributed by atoms with van der Waals surface area (Å²) < 4.78 is 0. The van der Waals surface area contributed by atoms with Gasteiger partial charge >= 0.3 is 0 Å². The summed E-state index contributed by atoms with van der Waals surface area (Å²) in [6.07, 6.45) is 5.76. The number of benzene rings is 3. The number of nitrogens with one attached hydrogen (secondary N) is 1. The maximum absolute atomic E-state index is 5.01. The molecule has 0 aliphatic carbocycles. The van der Waals surface area contributed by atoms with Crippen molar-refractivity contribution in [1.82, 2.24) is 9.97 Å². The van der Waals surface area contributed by atoms with E-state index in [0.29, 0.717) is 0 Å². The predicted molar refractivity (Wildman–Crippen MR) is 134 cm³/mol. The van der Waals surface area contributed by atoms with Crippen LogP contribution in [0.1, 0.15) is 12.0 Å². The Hall–Kier alpha value is -3.98. The highest BCUT2D eigenvalue weighted by Crippen LogP contribution is 2.33. The van der Waals surface area contributed by atoms with E-state index in [-0.39, 0.29) is 0 Å². The number of pyridine rings is 2. The second-order valence-electron chi connectivity index (χ2n) is 7.91. The number of nitrogens with zero attached hydrogens (tertiary/aromatic N) is 2. The molecule has 0 atom stereocenters. The summed E-state index contributed by atoms with van der Waals surface area (Å²) in [4.78, 5) is 9.19. The highest BCUT2D eigenvalue weighted by Gasteiger charge is 2.11. The second-order valence-corrected chi connectivity index (χ2v) is 7.91. The fourth-order valence-electron chi connectivity index (χ4n) is 4.03. The van der Waals surface area contributed by atoms with Crippen LogP contribution < -0.4 is 5.32 Å². The summed E-state index contributed by atoms with van der Waals surface area (Å²) in [5, 5.41) is 5.98. The van der Waals surface area contributed by atoms with Crippen molar-refractivity contribution in [2.75, 3.05) is 11.9 Å². The van der Waals surface area contributed by atoms with Crippen LogP contribution in [-0.2, 0) is 6.42 Å². The third-order valence-corrected chi connectivity index (χ3v) is 5.70. The van der Waals surface area contributed by atoms with Crippen molar-refractivity contribution in [3.63, 3.8) is 0 Å². The molecule has 32 heavy (non-hydrogen) atoms. The molecule has 5 rings (SSSR count). The fraction of sp³-hybridized carbons (Fsp3) is 0.103. The van der Waals surface area contributed by atoms with Gasteiger partial charge in [-0.05, 0) is 65.1 Å². The van der Waals surface area contributed by atoms with E-state index in [1.807, 2.05) is 24.5 Å². The largest absolute Gasteiger partial charge is 0.370 e. The average Bonchev–Trinajstić information content (AvgIpc) is 2.87. The fourth-order valence-corrected chi connectivity index (χ4v) is 4.03. The first-order valence-corrected chi connectivity index (χ1v) is 11.1. The quantitative estimate of drug-likeness (QED) is 0.291. The minimum atomic E-state index is 0.882. The number of hydrogen-bond donors (Lipinski definition) is 1. The summed E-state index contributed by atoms with van der Waals surface area (Å²) in [7, 11) is 0. The molecule has 0 spiro atoms. The monoisotopic (exact) mass is 415 g/mol. The van der Waals surface area contributed by atoms with Crippen molar-refractivity contribution < 1.29 is 0 Å². The molecular weight excluding hydrogens is 390 g/mol. The normalized spacial score (nSPS) is 10.9. The van der Waals surface area contributed by atoms with Gasteiger partial charge in [-0.2, -0.15) is 0 Å². The molecular formula is C29H25N3. The number of fused-ring (bicyclic) bond motifs is 1. The second kappa shape index (κ2) is 9.44. The molecule has 2 aromatic heterocycles. The Bertz CT molecular complexity index is 1310. The van der Waals surface area contributed by atoms with Crippen molar-refractivity contribution >= 4 is 16.6 Å². The van der Waals surface area contributed by atoms with Crippen molar-refractivity contribution in [3.05, 3.63) is 115 Å². The summed E-state index contributed by atoms with van der Waals surface area (Å²) in [6.45, 7) is 0.882.